The normalized spacial score (nSPS) is 10.3. The molecule has 0 saturated heterocycles. The van der Waals surface area contributed by atoms with Gasteiger partial charge in [-0.2, -0.15) is 0 Å². The molecule has 4 nitrogen and oxygen atoms in total. The third-order valence-electron chi connectivity index (χ3n) is 3.08. The lowest BCUT2D eigenvalue weighted by Crippen LogP contribution is -2.22. The summed E-state index contributed by atoms with van der Waals surface area (Å²) < 4.78 is 10.4. The fraction of sp³-hybridized carbons (Fsp3) is 0.267. The predicted molar refractivity (Wildman–Crippen MR) is 72.3 cm³/mol. The Morgan fingerprint density at radius 2 is 2.05 bits per heavy atom. The number of rotatable bonds is 4. The third-order valence-corrected chi connectivity index (χ3v) is 3.08. The summed E-state index contributed by atoms with van der Waals surface area (Å²) in [5.41, 5.74) is 3.28. The van der Waals surface area contributed by atoms with Gasteiger partial charge >= 0.3 is 0 Å². The molecule has 1 aromatic heterocycles. The molecule has 0 radical (unpaired) electrons. The Morgan fingerprint density at radius 1 is 1.32 bits per heavy atom. The molecule has 0 saturated carbocycles. The van der Waals surface area contributed by atoms with Gasteiger partial charge in [-0.1, -0.05) is 6.07 Å². The second-order valence-electron chi connectivity index (χ2n) is 4.41. The summed E-state index contributed by atoms with van der Waals surface area (Å²) in [5.74, 6) is 0.857. The molecule has 0 aliphatic carbocycles. The van der Waals surface area contributed by atoms with E-state index >= 15 is 0 Å². The van der Waals surface area contributed by atoms with Gasteiger partial charge in [-0.25, -0.2) is 0 Å². The van der Waals surface area contributed by atoms with E-state index in [0.29, 0.717) is 12.3 Å². The number of hydrogen-bond acceptors (Lipinski definition) is 3. The fourth-order valence-electron chi connectivity index (χ4n) is 1.85. The van der Waals surface area contributed by atoms with E-state index < -0.39 is 0 Å². The lowest BCUT2D eigenvalue weighted by molar-refractivity contribution is 0.0923. The lowest BCUT2D eigenvalue weighted by atomic mass is 10.0. The molecular weight excluding hydrogens is 242 g/mol. The lowest BCUT2D eigenvalue weighted by Gasteiger charge is -2.12. The highest BCUT2D eigenvalue weighted by molar-refractivity contribution is 5.91. The number of carbonyl (C=O) groups excluding carboxylic acids is 1. The van der Waals surface area contributed by atoms with Crippen LogP contribution in [-0.2, 0) is 6.54 Å². The molecule has 2 aromatic rings. The van der Waals surface area contributed by atoms with Gasteiger partial charge in [0.25, 0.3) is 5.91 Å². The van der Waals surface area contributed by atoms with Crippen molar-refractivity contribution in [2.45, 2.75) is 20.4 Å². The van der Waals surface area contributed by atoms with E-state index in [1.807, 2.05) is 26.0 Å². The molecule has 0 aliphatic rings. The number of hydrogen-bond donors (Lipinski definition) is 1. The Kier molecular flexibility index (Phi) is 3.90. The molecule has 0 unspecified atom stereocenters. The average Bonchev–Trinajstić information content (AvgIpc) is 2.93. The Bertz CT molecular complexity index is 573. The fourth-order valence-corrected chi connectivity index (χ4v) is 1.85. The van der Waals surface area contributed by atoms with Gasteiger partial charge in [-0.05, 0) is 43.2 Å². The topological polar surface area (TPSA) is 51.5 Å². The highest BCUT2D eigenvalue weighted by Crippen LogP contribution is 2.22. The van der Waals surface area contributed by atoms with Crippen molar-refractivity contribution in [1.29, 1.82) is 0 Å². The van der Waals surface area contributed by atoms with Gasteiger partial charge < -0.3 is 14.5 Å². The van der Waals surface area contributed by atoms with Crippen LogP contribution in [0.25, 0.3) is 0 Å². The Labute approximate surface area is 112 Å². The zero-order valence-electron chi connectivity index (χ0n) is 11.3. The van der Waals surface area contributed by atoms with E-state index in [2.05, 4.69) is 5.32 Å². The van der Waals surface area contributed by atoms with Crippen molar-refractivity contribution >= 4 is 5.91 Å². The summed E-state index contributed by atoms with van der Waals surface area (Å²) in [6.45, 7) is 4.47. The molecule has 0 fully saturated rings. The van der Waals surface area contributed by atoms with Crippen LogP contribution in [0.1, 0.15) is 27.2 Å². The summed E-state index contributed by atoms with van der Waals surface area (Å²) in [6.07, 6.45) is 1.48. The minimum atomic E-state index is -0.231. The van der Waals surface area contributed by atoms with Gasteiger partial charge in [0.2, 0.25) is 0 Å². The predicted octanol–water partition coefficient (Wildman–Crippen LogP) is 2.84. The van der Waals surface area contributed by atoms with Crippen molar-refractivity contribution in [2.75, 3.05) is 7.11 Å². The Morgan fingerprint density at radius 3 is 2.68 bits per heavy atom. The van der Waals surface area contributed by atoms with Crippen molar-refractivity contribution in [3.8, 4) is 5.75 Å². The van der Waals surface area contributed by atoms with Crippen LogP contribution in [0.4, 0.5) is 0 Å². The number of amides is 1. The first-order valence-electron chi connectivity index (χ1n) is 6.07. The molecular formula is C15H17NO3. The van der Waals surface area contributed by atoms with Crippen LogP contribution in [-0.4, -0.2) is 13.0 Å². The maximum Gasteiger partial charge on any atom is 0.287 e. The quantitative estimate of drug-likeness (QED) is 0.918. The minimum absolute atomic E-state index is 0.231. The van der Waals surface area contributed by atoms with Crippen LogP contribution in [0.3, 0.4) is 0 Å². The van der Waals surface area contributed by atoms with E-state index in [9.17, 15) is 4.79 Å². The summed E-state index contributed by atoms with van der Waals surface area (Å²) in [4.78, 5) is 11.8. The molecule has 0 bridgehead atoms. The molecule has 1 heterocycles. The zero-order chi connectivity index (χ0) is 13.8. The number of furan rings is 1. The molecule has 1 amide bonds. The van der Waals surface area contributed by atoms with Crippen LogP contribution in [0.2, 0.25) is 0 Å². The van der Waals surface area contributed by atoms with Crippen LogP contribution in [0.5, 0.6) is 5.75 Å². The van der Waals surface area contributed by atoms with Gasteiger partial charge in [0.15, 0.2) is 5.76 Å². The summed E-state index contributed by atoms with van der Waals surface area (Å²) in [7, 11) is 1.63. The molecule has 1 N–H and O–H groups in total. The summed E-state index contributed by atoms with van der Waals surface area (Å²) in [6, 6.07) is 7.32. The van der Waals surface area contributed by atoms with Crippen molar-refractivity contribution in [3.05, 3.63) is 53.0 Å². The first-order valence-corrected chi connectivity index (χ1v) is 6.07. The number of aryl methyl sites for hydroxylation is 2. The Hall–Kier alpha value is -2.23. The largest absolute Gasteiger partial charge is 0.496 e. The number of methoxy groups -OCH3 is 1. The Balaban J connectivity index is 2.11. The smallest absolute Gasteiger partial charge is 0.287 e. The molecule has 0 spiro atoms. The van der Waals surface area contributed by atoms with E-state index in [0.717, 1.165) is 16.9 Å². The van der Waals surface area contributed by atoms with E-state index in [4.69, 9.17) is 9.15 Å². The second-order valence-corrected chi connectivity index (χ2v) is 4.41. The first kappa shape index (κ1) is 13.2. The van der Waals surface area contributed by atoms with Gasteiger partial charge in [-0.15, -0.1) is 0 Å². The number of nitrogens with one attached hydrogen (secondary N) is 1. The van der Waals surface area contributed by atoms with Gasteiger partial charge in [0.05, 0.1) is 13.4 Å². The maximum absolute atomic E-state index is 11.8. The summed E-state index contributed by atoms with van der Waals surface area (Å²) >= 11 is 0. The van der Waals surface area contributed by atoms with Crippen LogP contribution >= 0.6 is 0 Å². The van der Waals surface area contributed by atoms with E-state index in [-0.39, 0.29) is 5.91 Å². The molecule has 100 valence electrons. The highest BCUT2D eigenvalue weighted by atomic mass is 16.5. The minimum Gasteiger partial charge on any atom is -0.496 e. The van der Waals surface area contributed by atoms with Crippen molar-refractivity contribution in [2.24, 2.45) is 0 Å². The van der Waals surface area contributed by atoms with Gasteiger partial charge in [-0.3, -0.25) is 4.79 Å². The number of ether oxygens (including phenoxy) is 1. The van der Waals surface area contributed by atoms with Crippen LogP contribution in [0.15, 0.2) is 34.9 Å². The first-order chi connectivity index (χ1) is 9.11. The zero-order valence-corrected chi connectivity index (χ0v) is 11.3. The SMILES string of the molecule is COc1cc(C)c(C)cc1CNC(=O)c1ccco1. The van der Waals surface area contributed by atoms with E-state index in [1.54, 1.807) is 19.2 Å². The number of carbonyl (C=O) groups is 1. The summed E-state index contributed by atoms with van der Waals surface area (Å²) in [5, 5.41) is 2.81. The standard InChI is InChI=1S/C15H17NO3/c1-10-7-12(14(18-3)8-11(10)2)9-16-15(17)13-5-4-6-19-13/h4-8H,9H2,1-3H3,(H,16,17). The van der Waals surface area contributed by atoms with Crippen LogP contribution < -0.4 is 10.1 Å². The molecule has 19 heavy (non-hydrogen) atoms. The van der Waals surface area contributed by atoms with Crippen LogP contribution in [0, 0.1) is 13.8 Å². The van der Waals surface area contributed by atoms with Crippen molar-refractivity contribution in [1.82, 2.24) is 5.32 Å². The maximum atomic E-state index is 11.8. The second kappa shape index (κ2) is 5.61. The molecule has 4 heteroatoms. The molecule has 2 rings (SSSR count). The van der Waals surface area contributed by atoms with Crippen molar-refractivity contribution < 1.29 is 13.9 Å². The highest BCUT2D eigenvalue weighted by Gasteiger charge is 2.10. The monoisotopic (exact) mass is 259 g/mol. The third kappa shape index (κ3) is 2.96. The molecule has 0 atom stereocenters. The van der Waals surface area contributed by atoms with Crippen molar-refractivity contribution in [3.63, 3.8) is 0 Å². The van der Waals surface area contributed by atoms with Gasteiger partial charge in [0.1, 0.15) is 5.75 Å². The van der Waals surface area contributed by atoms with E-state index in [1.165, 1.54) is 11.8 Å². The van der Waals surface area contributed by atoms with Gasteiger partial charge in [0, 0.05) is 12.1 Å². The molecule has 1 aromatic carbocycles. The molecule has 0 aliphatic heterocycles. The number of benzene rings is 1. The average molecular weight is 259 g/mol.